The summed E-state index contributed by atoms with van der Waals surface area (Å²) in [6.45, 7) is -0.494. The molecule has 0 saturated heterocycles. The number of nitrogens with zero attached hydrogens (tertiary/aromatic N) is 1. The molecule has 3 aromatic rings. The summed E-state index contributed by atoms with van der Waals surface area (Å²) in [5.74, 6) is -1.10. The molecule has 0 aliphatic rings. The van der Waals surface area contributed by atoms with E-state index in [9.17, 15) is 26.0 Å². The van der Waals surface area contributed by atoms with Crippen LogP contribution >= 0.6 is 0 Å². The highest BCUT2D eigenvalue weighted by Gasteiger charge is 2.31. The maximum atomic E-state index is 13.4. The molecule has 0 spiro atoms. The van der Waals surface area contributed by atoms with E-state index >= 15 is 0 Å². The van der Waals surface area contributed by atoms with Crippen molar-refractivity contribution in [1.82, 2.24) is 9.71 Å². The number of aromatic nitrogens is 1. The molecule has 0 radical (unpaired) electrons. The van der Waals surface area contributed by atoms with Crippen LogP contribution in [0.1, 0.15) is 11.1 Å². The van der Waals surface area contributed by atoms with Crippen molar-refractivity contribution in [1.29, 1.82) is 0 Å². The molecule has 0 unspecified atom stereocenters. The van der Waals surface area contributed by atoms with E-state index in [1.807, 2.05) is 0 Å². The first kappa shape index (κ1) is 18.3. The number of hydrogen-bond acceptors (Lipinski definition) is 3. The minimum Gasteiger partial charge on any atom is -0.255 e. The Morgan fingerprint density at radius 3 is 2.50 bits per heavy atom. The van der Waals surface area contributed by atoms with Crippen LogP contribution < -0.4 is 4.72 Å². The smallest absolute Gasteiger partial charge is 0.255 e. The van der Waals surface area contributed by atoms with Gasteiger partial charge in [0.1, 0.15) is 10.7 Å². The lowest BCUT2D eigenvalue weighted by atomic mass is 10.1. The molecule has 0 fully saturated rings. The van der Waals surface area contributed by atoms with Gasteiger partial charge in [0, 0.05) is 18.1 Å². The van der Waals surface area contributed by atoms with Gasteiger partial charge in [0.05, 0.1) is 11.1 Å². The second kappa shape index (κ2) is 6.65. The molecule has 1 aromatic heterocycles. The summed E-state index contributed by atoms with van der Waals surface area (Å²) in [6, 6.07) is 9.79. The van der Waals surface area contributed by atoms with Crippen molar-refractivity contribution in [2.45, 2.75) is 17.6 Å². The number of halogens is 4. The number of para-hydroxylation sites is 1. The van der Waals surface area contributed by atoms with Crippen molar-refractivity contribution in [3.8, 4) is 0 Å². The topological polar surface area (TPSA) is 59.1 Å². The fourth-order valence-electron chi connectivity index (χ4n) is 2.47. The molecule has 4 nitrogen and oxygen atoms in total. The lowest BCUT2D eigenvalue weighted by molar-refractivity contribution is -0.137. The van der Waals surface area contributed by atoms with E-state index in [4.69, 9.17) is 0 Å². The second-order valence-corrected chi connectivity index (χ2v) is 7.24. The minimum atomic E-state index is -4.73. The van der Waals surface area contributed by atoms with Gasteiger partial charge in [0.25, 0.3) is 0 Å². The Morgan fingerprint density at radius 2 is 1.77 bits per heavy atom. The summed E-state index contributed by atoms with van der Waals surface area (Å²) in [4.78, 5) is 3.93. The van der Waals surface area contributed by atoms with Gasteiger partial charge in [-0.15, -0.1) is 0 Å². The number of pyridine rings is 1. The van der Waals surface area contributed by atoms with E-state index in [1.165, 1.54) is 18.3 Å². The third-order valence-electron chi connectivity index (χ3n) is 3.64. The molecule has 2 aromatic carbocycles. The van der Waals surface area contributed by atoms with Crippen LogP contribution in [0.25, 0.3) is 10.9 Å². The molecule has 1 N–H and O–H groups in total. The summed E-state index contributed by atoms with van der Waals surface area (Å²) < 4.78 is 78.9. The molecular weight excluding hydrogens is 372 g/mol. The van der Waals surface area contributed by atoms with Gasteiger partial charge in [-0.25, -0.2) is 17.5 Å². The van der Waals surface area contributed by atoms with Crippen molar-refractivity contribution in [3.63, 3.8) is 0 Å². The average molecular weight is 384 g/mol. The zero-order valence-electron chi connectivity index (χ0n) is 13.1. The normalized spacial score (nSPS) is 12.5. The zero-order chi connectivity index (χ0) is 18.9. The predicted octanol–water partition coefficient (Wildman–Crippen LogP) is 3.87. The number of sulfonamides is 1. The summed E-state index contributed by atoms with van der Waals surface area (Å²) in [5.41, 5.74) is -1.09. The van der Waals surface area contributed by atoms with Gasteiger partial charge in [-0.1, -0.05) is 18.2 Å². The van der Waals surface area contributed by atoms with E-state index in [0.29, 0.717) is 17.5 Å². The van der Waals surface area contributed by atoms with E-state index < -0.39 is 34.1 Å². The molecule has 0 amide bonds. The van der Waals surface area contributed by atoms with Crippen LogP contribution in [0, 0.1) is 5.82 Å². The Labute approximate surface area is 146 Å². The largest absolute Gasteiger partial charge is 0.416 e. The molecule has 26 heavy (non-hydrogen) atoms. The Hall–Kier alpha value is -2.52. The van der Waals surface area contributed by atoms with Crippen LogP contribution in [0.2, 0.25) is 0 Å². The molecule has 1 heterocycles. The van der Waals surface area contributed by atoms with Gasteiger partial charge in [-0.05, 0) is 35.9 Å². The number of hydrogen-bond donors (Lipinski definition) is 1. The third-order valence-corrected chi connectivity index (χ3v) is 5.07. The highest BCUT2D eigenvalue weighted by atomic mass is 32.2. The molecule has 9 heteroatoms. The quantitative estimate of drug-likeness (QED) is 0.695. The number of alkyl halides is 3. The van der Waals surface area contributed by atoms with Crippen molar-refractivity contribution in [2.24, 2.45) is 0 Å². The molecule has 136 valence electrons. The summed E-state index contributed by atoms with van der Waals surface area (Å²) in [5, 5.41) is 0.598. The maximum absolute atomic E-state index is 13.4. The molecule has 0 saturated carbocycles. The number of nitrogens with one attached hydrogen (secondary N) is 1. The third kappa shape index (κ3) is 3.83. The summed E-state index contributed by atoms with van der Waals surface area (Å²) in [6.07, 6.45) is -3.29. The number of fused-ring (bicyclic) bond motifs is 1. The fourth-order valence-corrected chi connectivity index (χ4v) is 3.66. The van der Waals surface area contributed by atoms with Crippen LogP contribution in [0.4, 0.5) is 17.6 Å². The molecule has 3 rings (SSSR count). The van der Waals surface area contributed by atoms with Crippen LogP contribution in [0.15, 0.2) is 59.6 Å². The highest BCUT2D eigenvalue weighted by Crippen LogP contribution is 2.30. The van der Waals surface area contributed by atoms with Gasteiger partial charge >= 0.3 is 6.18 Å². The summed E-state index contributed by atoms with van der Waals surface area (Å²) in [7, 11) is -4.06. The minimum absolute atomic E-state index is 0.108. The first-order chi connectivity index (χ1) is 12.2. The van der Waals surface area contributed by atoms with Crippen LogP contribution in [0.5, 0.6) is 0 Å². The van der Waals surface area contributed by atoms with Gasteiger partial charge in [-0.2, -0.15) is 13.2 Å². The average Bonchev–Trinajstić information content (AvgIpc) is 2.58. The first-order valence-electron chi connectivity index (χ1n) is 7.37. The number of benzene rings is 2. The van der Waals surface area contributed by atoms with Crippen LogP contribution in [-0.4, -0.2) is 13.4 Å². The van der Waals surface area contributed by atoms with Crippen LogP contribution in [-0.2, 0) is 22.7 Å². The van der Waals surface area contributed by atoms with Crippen molar-refractivity contribution >= 4 is 20.9 Å². The summed E-state index contributed by atoms with van der Waals surface area (Å²) >= 11 is 0. The Morgan fingerprint density at radius 1 is 1.04 bits per heavy atom. The first-order valence-corrected chi connectivity index (χ1v) is 8.85. The Balaban J connectivity index is 1.91. The molecule has 0 bridgehead atoms. The Bertz CT molecular complexity index is 1060. The van der Waals surface area contributed by atoms with E-state index in [2.05, 4.69) is 9.71 Å². The second-order valence-electron chi connectivity index (χ2n) is 5.50. The lowest BCUT2D eigenvalue weighted by Gasteiger charge is -2.11. The van der Waals surface area contributed by atoms with E-state index in [-0.39, 0.29) is 16.0 Å². The van der Waals surface area contributed by atoms with Gasteiger partial charge in [0.15, 0.2) is 0 Å². The van der Waals surface area contributed by atoms with Crippen molar-refractivity contribution in [2.75, 3.05) is 0 Å². The molecule has 0 aliphatic carbocycles. The lowest BCUT2D eigenvalue weighted by Crippen LogP contribution is -2.24. The zero-order valence-corrected chi connectivity index (χ0v) is 13.9. The van der Waals surface area contributed by atoms with Gasteiger partial charge < -0.3 is 0 Å². The van der Waals surface area contributed by atoms with Crippen molar-refractivity contribution in [3.05, 3.63) is 71.7 Å². The number of rotatable bonds is 4. The predicted molar refractivity (Wildman–Crippen MR) is 87.2 cm³/mol. The fraction of sp³-hybridized carbons (Fsp3) is 0.118. The van der Waals surface area contributed by atoms with E-state index in [0.717, 1.165) is 6.07 Å². The molecule has 0 atom stereocenters. The highest BCUT2D eigenvalue weighted by molar-refractivity contribution is 7.89. The van der Waals surface area contributed by atoms with Crippen LogP contribution in [0.3, 0.4) is 0 Å². The molecular formula is C17H12F4N2O2S. The van der Waals surface area contributed by atoms with Crippen molar-refractivity contribution < 1.29 is 26.0 Å². The van der Waals surface area contributed by atoms with Gasteiger partial charge in [-0.3, -0.25) is 4.98 Å². The van der Waals surface area contributed by atoms with Gasteiger partial charge in [0.2, 0.25) is 10.0 Å². The van der Waals surface area contributed by atoms with E-state index in [1.54, 1.807) is 18.2 Å². The monoisotopic (exact) mass is 384 g/mol. The molecule has 0 aliphatic heterocycles. The SMILES string of the molecule is O=S(=O)(NCc1cc(F)cc(C(F)(F)F)c1)c1cccc2cccnc12. The Kier molecular flexibility index (Phi) is 4.68. The maximum Gasteiger partial charge on any atom is 0.416 e. The standard InChI is InChI=1S/C17H12F4N2O2S/c18-14-8-11(7-13(9-14)17(19,20)21)10-23-26(24,25)15-5-1-3-12-4-2-6-22-16(12)15/h1-9,23H,10H2.